The zero-order valence-electron chi connectivity index (χ0n) is 11.6. The minimum Gasteiger partial charge on any atom is -0.368 e. The summed E-state index contributed by atoms with van der Waals surface area (Å²) in [4.78, 5) is 20.2. The van der Waals surface area contributed by atoms with Gasteiger partial charge in [-0.15, -0.1) is 0 Å². The van der Waals surface area contributed by atoms with Gasteiger partial charge in [0.1, 0.15) is 28.7 Å². The average molecular weight is 321 g/mol. The van der Waals surface area contributed by atoms with E-state index in [-0.39, 0.29) is 5.82 Å². The lowest BCUT2D eigenvalue weighted by Crippen LogP contribution is -2.28. The second-order valence-corrected chi connectivity index (χ2v) is 5.63. The predicted octanol–water partition coefficient (Wildman–Crippen LogP) is 2.79. The van der Waals surface area contributed by atoms with Crippen LogP contribution in [-0.4, -0.2) is 15.9 Å². The van der Waals surface area contributed by atoms with Crippen molar-refractivity contribution in [3.05, 3.63) is 52.7 Å². The van der Waals surface area contributed by atoms with Crippen LogP contribution < -0.4 is 11.1 Å². The van der Waals surface area contributed by atoms with Gasteiger partial charge in [-0.3, -0.25) is 4.79 Å². The topological polar surface area (TPSA) is 80.9 Å². The molecule has 22 heavy (non-hydrogen) atoms. The third-order valence-corrected chi connectivity index (χ3v) is 3.63. The molecular formula is C15H14ClFN4O. The third kappa shape index (κ3) is 3.33. The number of hydrogen-bond donors (Lipinski definition) is 2. The van der Waals surface area contributed by atoms with Gasteiger partial charge in [-0.2, -0.15) is 0 Å². The number of rotatable bonds is 5. The quantitative estimate of drug-likeness (QED) is 0.830. The fourth-order valence-electron chi connectivity index (χ4n) is 2.16. The number of benzene rings is 1. The molecule has 1 fully saturated rings. The van der Waals surface area contributed by atoms with Crippen LogP contribution in [-0.2, 0) is 4.79 Å². The Balaban J connectivity index is 1.87. The summed E-state index contributed by atoms with van der Waals surface area (Å²) in [6, 6.07) is 6.27. The van der Waals surface area contributed by atoms with E-state index in [4.69, 9.17) is 17.3 Å². The molecule has 1 amide bonds. The van der Waals surface area contributed by atoms with Gasteiger partial charge in [-0.1, -0.05) is 23.7 Å². The van der Waals surface area contributed by atoms with E-state index in [0.717, 1.165) is 12.8 Å². The number of primary amides is 1. The van der Waals surface area contributed by atoms with Crippen LogP contribution in [0.4, 0.5) is 10.2 Å². The number of nitrogens with zero attached hydrogens (tertiary/aromatic N) is 2. The Morgan fingerprint density at radius 3 is 2.59 bits per heavy atom. The van der Waals surface area contributed by atoms with Crippen LogP contribution in [0.3, 0.4) is 0 Å². The molecule has 1 aliphatic carbocycles. The summed E-state index contributed by atoms with van der Waals surface area (Å²) in [5.41, 5.74) is 5.98. The highest BCUT2D eigenvalue weighted by Gasteiger charge is 2.28. The Morgan fingerprint density at radius 2 is 2.00 bits per heavy atom. The second kappa shape index (κ2) is 5.88. The predicted molar refractivity (Wildman–Crippen MR) is 81.0 cm³/mol. The molecule has 2 aromatic rings. The summed E-state index contributed by atoms with van der Waals surface area (Å²) < 4.78 is 13.0. The zero-order valence-corrected chi connectivity index (χ0v) is 12.3. The fraction of sp³-hybridized carbons (Fsp3) is 0.267. The molecule has 1 aromatic carbocycles. The fourth-order valence-corrected chi connectivity index (χ4v) is 2.35. The van der Waals surface area contributed by atoms with E-state index in [0.29, 0.717) is 28.3 Å². The molecule has 5 nitrogen and oxygen atoms in total. The van der Waals surface area contributed by atoms with Gasteiger partial charge in [0.25, 0.3) is 0 Å². The van der Waals surface area contributed by atoms with Crippen LogP contribution in [0.5, 0.6) is 0 Å². The molecule has 0 saturated heterocycles. The van der Waals surface area contributed by atoms with E-state index >= 15 is 0 Å². The zero-order chi connectivity index (χ0) is 15.7. The maximum absolute atomic E-state index is 13.0. The number of amides is 1. The van der Waals surface area contributed by atoms with Crippen molar-refractivity contribution in [3.8, 4) is 0 Å². The molecule has 3 N–H and O–H groups in total. The lowest BCUT2D eigenvalue weighted by Gasteiger charge is -2.17. The molecule has 0 radical (unpaired) electrons. The Bertz CT molecular complexity index is 703. The van der Waals surface area contributed by atoms with E-state index in [1.165, 1.54) is 30.3 Å². The Hall–Kier alpha value is -2.21. The summed E-state index contributed by atoms with van der Waals surface area (Å²) in [5, 5.41) is 3.25. The standard InChI is InChI=1S/C15H14ClFN4O/c16-11-7-12(21-15(19-11)9-1-2-9)20-13(14(18)22)8-3-5-10(17)6-4-8/h3-7,9,13H,1-2H2,(H2,18,22)(H,19,20,21). The molecule has 0 bridgehead atoms. The van der Waals surface area contributed by atoms with Crippen LogP contribution in [0.1, 0.15) is 36.2 Å². The van der Waals surface area contributed by atoms with Gasteiger partial charge in [0.15, 0.2) is 0 Å². The monoisotopic (exact) mass is 320 g/mol. The van der Waals surface area contributed by atoms with E-state index in [1.54, 1.807) is 0 Å². The van der Waals surface area contributed by atoms with Crippen molar-refractivity contribution in [2.24, 2.45) is 5.73 Å². The van der Waals surface area contributed by atoms with E-state index in [2.05, 4.69) is 15.3 Å². The van der Waals surface area contributed by atoms with E-state index in [9.17, 15) is 9.18 Å². The van der Waals surface area contributed by atoms with Gasteiger partial charge < -0.3 is 11.1 Å². The molecule has 0 aliphatic heterocycles. The van der Waals surface area contributed by atoms with E-state index in [1.807, 2.05) is 0 Å². The molecular weight excluding hydrogens is 307 g/mol. The van der Waals surface area contributed by atoms with Gasteiger partial charge in [0.2, 0.25) is 5.91 Å². The number of carbonyl (C=O) groups excluding carboxylic acids is 1. The van der Waals surface area contributed by atoms with Gasteiger partial charge in [0, 0.05) is 12.0 Å². The smallest absolute Gasteiger partial charge is 0.244 e. The first kappa shape index (κ1) is 14.7. The third-order valence-electron chi connectivity index (χ3n) is 3.43. The Labute approximate surface area is 131 Å². The van der Waals surface area contributed by atoms with Gasteiger partial charge in [-0.25, -0.2) is 14.4 Å². The number of hydrogen-bond acceptors (Lipinski definition) is 4. The van der Waals surface area contributed by atoms with Crippen LogP contribution in [0.2, 0.25) is 5.15 Å². The number of nitrogens with one attached hydrogen (secondary N) is 1. The average Bonchev–Trinajstić information content (AvgIpc) is 3.30. The van der Waals surface area contributed by atoms with Crippen LogP contribution in [0.25, 0.3) is 0 Å². The Morgan fingerprint density at radius 1 is 1.32 bits per heavy atom. The molecule has 1 saturated carbocycles. The molecule has 114 valence electrons. The van der Waals surface area contributed by atoms with Gasteiger partial charge >= 0.3 is 0 Å². The van der Waals surface area contributed by atoms with Gasteiger partial charge in [0.05, 0.1) is 0 Å². The van der Waals surface area contributed by atoms with Crippen LogP contribution in [0, 0.1) is 5.82 Å². The minimum atomic E-state index is -0.821. The lowest BCUT2D eigenvalue weighted by atomic mass is 10.1. The first-order valence-corrected chi connectivity index (χ1v) is 7.26. The van der Waals surface area contributed by atoms with Crippen LogP contribution >= 0.6 is 11.6 Å². The number of nitrogens with two attached hydrogens (primary N) is 1. The summed E-state index contributed by atoms with van der Waals surface area (Å²) in [6.45, 7) is 0. The summed E-state index contributed by atoms with van der Waals surface area (Å²) in [6.07, 6.45) is 2.08. The number of halogens is 2. The second-order valence-electron chi connectivity index (χ2n) is 5.24. The molecule has 1 aliphatic rings. The molecule has 1 aromatic heterocycles. The van der Waals surface area contributed by atoms with Crippen molar-refractivity contribution >= 4 is 23.3 Å². The normalized spacial score (nSPS) is 15.4. The maximum Gasteiger partial charge on any atom is 0.244 e. The highest BCUT2D eigenvalue weighted by Crippen LogP contribution is 2.39. The molecule has 1 unspecified atom stereocenters. The van der Waals surface area contributed by atoms with Crippen molar-refractivity contribution in [1.82, 2.24) is 9.97 Å². The lowest BCUT2D eigenvalue weighted by molar-refractivity contribution is -0.118. The van der Waals surface area contributed by atoms with Crippen molar-refractivity contribution in [1.29, 1.82) is 0 Å². The van der Waals surface area contributed by atoms with Gasteiger partial charge in [-0.05, 0) is 30.5 Å². The van der Waals surface area contributed by atoms with E-state index < -0.39 is 11.9 Å². The van der Waals surface area contributed by atoms with Crippen molar-refractivity contribution < 1.29 is 9.18 Å². The van der Waals surface area contributed by atoms with Crippen LogP contribution in [0.15, 0.2) is 30.3 Å². The first-order chi connectivity index (χ1) is 10.5. The molecule has 1 heterocycles. The molecule has 0 spiro atoms. The highest BCUT2D eigenvalue weighted by molar-refractivity contribution is 6.29. The largest absolute Gasteiger partial charge is 0.368 e. The molecule has 1 atom stereocenters. The SMILES string of the molecule is NC(=O)C(Nc1cc(Cl)nc(C2CC2)n1)c1ccc(F)cc1. The number of aromatic nitrogens is 2. The summed E-state index contributed by atoms with van der Waals surface area (Å²) in [5.74, 6) is 0.451. The Kier molecular flexibility index (Phi) is 3.94. The number of anilines is 1. The van der Waals surface area contributed by atoms with Crippen molar-refractivity contribution in [2.45, 2.75) is 24.8 Å². The molecule has 3 rings (SSSR count). The maximum atomic E-state index is 13.0. The summed E-state index contributed by atoms with van der Waals surface area (Å²) in [7, 11) is 0. The van der Waals surface area contributed by atoms with Crippen molar-refractivity contribution in [2.75, 3.05) is 5.32 Å². The molecule has 7 heteroatoms. The van der Waals surface area contributed by atoms with Crippen molar-refractivity contribution in [3.63, 3.8) is 0 Å². The minimum absolute atomic E-state index is 0.307. The number of carbonyl (C=O) groups is 1. The summed E-state index contributed by atoms with van der Waals surface area (Å²) >= 11 is 5.99. The first-order valence-electron chi connectivity index (χ1n) is 6.89. The highest BCUT2D eigenvalue weighted by atomic mass is 35.5.